The second-order valence-corrected chi connectivity index (χ2v) is 7.76. The van der Waals surface area contributed by atoms with E-state index in [0.29, 0.717) is 5.92 Å². The summed E-state index contributed by atoms with van der Waals surface area (Å²) in [5.41, 5.74) is 4.01. The molecule has 1 aliphatic carbocycles. The lowest BCUT2D eigenvalue weighted by Crippen LogP contribution is -2.22. The van der Waals surface area contributed by atoms with Crippen molar-refractivity contribution in [3.05, 3.63) is 78.6 Å². The molecule has 1 aromatic carbocycles. The quantitative estimate of drug-likeness (QED) is 0.478. The number of allylic oxidation sites excluding steroid dienone is 2. The third-order valence-corrected chi connectivity index (χ3v) is 5.81. The Morgan fingerprint density at radius 1 is 1.07 bits per heavy atom. The van der Waals surface area contributed by atoms with Gasteiger partial charge in [0.25, 0.3) is 0 Å². The third kappa shape index (κ3) is 3.04. The van der Waals surface area contributed by atoms with Gasteiger partial charge in [0.05, 0.1) is 0 Å². The standard InChI is InChI=1S/C23H19N3OS/c1-15-6-2-4-8-20(15)27-21-9-5-3-7-17(21)16-12-18-19(23-24-10-11-28-23)14-26-22(18)25-13-16/h2-15,20H,1H3,(H,25,26). The number of ether oxygens (including phenoxy) is 1. The van der Waals surface area contributed by atoms with E-state index in [1.165, 1.54) is 0 Å². The number of H-pyrrole nitrogens is 1. The Bertz CT molecular complexity index is 1170. The monoisotopic (exact) mass is 385 g/mol. The van der Waals surface area contributed by atoms with Crippen LogP contribution in [0.25, 0.3) is 32.7 Å². The molecule has 1 N–H and O–H groups in total. The van der Waals surface area contributed by atoms with Gasteiger partial charge in [-0.15, -0.1) is 11.3 Å². The van der Waals surface area contributed by atoms with Crippen LogP contribution in [0, 0.1) is 5.92 Å². The average Bonchev–Trinajstić information content (AvgIpc) is 3.39. The van der Waals surface area contributed by atoms with Gasteiger partial charge in [-0.05, 0) is 18.2 Å². The second kappa shape index (κ2) is 7.09. The number of aromatic nitrogens is 3. The fourth-order valence-corrected chi connectivity index (χ4v) is 4.15. The maximum Gasteiger partial charge on any atom is 0.137 e. The van der Waals surface area contributed by atoms with E-state index in [1.807, 2.05) is 48.2 Å². The first kappa shape index (κ1) is 17.0. The summed E-state index contributed by atoms with van der Waals surface area (Å²) in [4.78, 5) is 12.3. The maximum absolute atomic E-state index is 6.37. The highest BCUT2D eigenvalue weighted by atomic mass is 32.1. The summed E-state index contributed by atoms with van der Waals surface area (Å²) in [5.74, 6) is 1.20. The van der Waals surface area contributed by atoms with Crippen molar-refractivity contribution in [3.8, 4) is 27.4 Å². The van der Waals surface area contributed by atoms with Gasteiger partial charge in [0, 0.05) is 52.0 Å². The predicted molar refractivity (Wildman–Crippen MR) is 114 cm³/mol. The molecule has 0 fully saturated rings. The Kier molecular flexibility index (Phi) is 4.29. The molecule has 0 radical (unpaired) electrons. The molecular formula is C23H19N3OS. The highest BCUT2D eigenvalue weighted by molar-refractivity contribution is 7.13. The van der Waals surface area contributed by atoms with E-state index in [9.17, 15) is 0 Å². The topological polar surface area (TPSA) is 50.8 Å². The smallest absolute Gasteiger partial charge is 0.137 e. The number of rotatable bonds is 4. The van der Waals surface area contributed by atoms with Crippen LogP contribution in [0.1, 0.15) is 6.92 Å². The molecular weight excluding hydrogens is 366 g/mol. The minimum atomic E-state index is 0.0287. The number of hydrogen-bond donors (Lipinski definition) is 1. The Labute approximate surface area is 167 Å². The molecule has 0 aliphatic heterocycles. The normalized spacial score (nSPS) is 18.6. The van der Waals surface area contributed by atoms with Gasteiger partial charge >= 0.3 is 0 Å². The number of para-hydroxylation sites is 1. The van der Waals surface area contributed by atoms with Gasteiger partial charge in [-0.1, -0.05) is 43.4 Å². The van der Waals surface area contributed by atoms with Crippen molar-refractivity contribution in [3.63, 3.8) is 0 Å². The van der Waals surface area contributed by atoms with Crippen LogP contribution in [0.2, 0.25) is 0 Å². The summed E-state index contributed by atoms with van der Waals surface area (Å²) in [6.45, 7) is 2.17. The van der Waals surface area contributed by atoms with Crippen LogP contribution in [-0.4, -0.2) is 21.1 Å². The molecule has 28 heavy (non-hydrogen) atoms. The lowest BCUT2D eigenvalue weighted by molar-refractivity contribution is 0.210. The summed E-state index contributed by atoms with van der Waals surface area (Å²) >= 11 is 1.63. The zero-order valence-electron chi connectivity index (χ0n) is 15.4. The number of thiazole rings is 1. The molecule has 5 heteroatoms. The molecule has 0 saturated carbocycles. The van der Waals surface area contributed by atoms with Crippen molar-refractivity contribution in [2.75, 3.05) is 0 Å². The number of hydrogen-bond acceptors (Lipinski definition) is 4. The SMILES string of the molecule is CC1C=CC=CC1Oc1ccccc1-c1cnc2[nH]cc(-c3nccs3)c2c1. The summed E-state index contributed by atoms with van der Waals surface area (Å²) in [6.07, 6.45) is 14.1. The summed E-state index contributed by atoms with van der Waals surface area (Å²) in [6, 6.07) is 10.3. The van der Waals surface area contributed by atoms with E-state index in [0.717, 1.165) is 38.5 Å². The number of nitrogens with one attached hydrogen (secondary N) is 1. The maximum atomic E-state index is 6.37. The molecule has 0 saturated heterocycles. The minimum Gasteiger partial charge on any atom is -0.485 e. The van der Waals surface area contributed by atoms with Gasteiger partial charge in [0.15, 0.2) is 0 Å². The fraction of sp³-hybridized carbons (Fsp3) is 0.130. The molecule has 3 aromatic heterocycles. The van der Waals surface area contributed by atoms with Crippen LogP contribution >= 0.6 is 11.3 Å². The molecule has 2 unspecified atom stereocenters. The van der Waals surface area contributed by atoms with E-state index in [-0.39, 0.29) is 6.10 Å². The molecule has 1 aliphatic rings. The van der Waals surface area contributed by atoms with E-state index in [1.54, 1.807) is 11.3 Å². The van der Waals surface area contributed by atoms with E-state index < -0.39 is 0 Å². The summed E-state index contributed by atoms with van der Waals surface area (Å²) < 4.78 is 6.37. The molecule has 0 amide bonds. The molecule has 3 heterocycles. The Morgan fingerprint density at radius 3 is 2.82 bits per heavy atom. The molecule has 0 spiro atoms. The van der Waals surface area contributed by atoms with E-state index in [4.69, 9.17) is 4.74 Å². The van der Waals surface area contributed by atoms with Gasteiger partial charge in [0.2, 0.25) is 0 Å². The fourth-order valence-electron chi connectivity index (χ4n) is 3.48. The van der Waals surface area contributed by atoms with Crippen LogP contribution < -0.4 is 4.74 Å². The molecule has 5 rings (SSSR count). The van der Waals surface area contributed by atoms with Gasteiger partial charge < -0.3 is 9.72 Å². The van der Waals surface area contributed by atoms with Crippen molar-refractivity contribution in [2.24, 2.45) is 5.92 Å². The predicted octanol–water partition coefficient (Wildman–Crippen LogP) is 5.86. The number of pyridine rings is 1. The highest BCUT2D eigenvalue weighted by Gasteiger charge is 2.18. The van der Waals surface area contributed by atoms with Gasteiger partial charge in [-0.2, -0.15) is 0 Å². The minimum absolute atomic E-state index is 0.0287. The largest absolute Gasteiger partial charge is 0.485 e. The number of nitrogens with zero attached hydrogens (tertiary/aromatic N) is 2. The average molecular weight is 385 g/mol. The van der Waals surface area contributed by atoms with Crippen LogP contribution in [0.4, 0.5) is 0 Å². The van der Waals surface area contributed by atoms with Gasteiger partial charge in [-0.25, -0.2) is 9.97 Å². The van der Waals surface area contributed by atoms with Crippen LogP contribution in [0.3, 0.4) is 0 Å². The first-order valence-electron chi connectivity index (χ1n) is 9.27. The Balaban J connectivity index is 1.56. The number of benzene rings is 1. The van der Waals surface area contributed by atoms with E-state index >= 15 is 0 Å². The highest BCUT2D eigenvalue weighted by Crippen LogP contribution is 2.36. The Hall–Kier alpha value is -3.18. The van der Waals surface area contributed by atoms with Crippen molar-refractivity contribution in [1.82, 2.24) is 15.0 Å². The zero-order chi connectivity index (χ0) is 18.9. The molecule has 138 valence electrons. The molecule has 2 atom stereocenters. The van der Waals surface area contributed by atoms with Gasteiger partial charge in [0.1, 0.15) is 22.5 Å². The molecule has 0 bridgehead atoms. The lowest BCUT2D eigenvalue weighted by Gasteiger charge is -2.23. The number of fused-ring (bicyclic) bond motifs is 1. The van der Waals surface area contributed by atoms with Crippen LogP contribution in [0.5, 0.6) is 5.75 Å². The van der Waals surface area contributed by atoms with E-state index in [2.05, 4.69) is 52.2 Å². The second-order valence-electron chi connectivity index (χ2n) is 6.87. The number of aromatic amines is 1. The zero-order valence-corrected chi connectivity index (χ0v) is 16.2. The van der Waals surface area contributed by atoms with Crippen molar-refractivity contribution in [2.45, 2.75) is 13.0 Å². The first-order valence-corrected chi connectivity index (χ1v) is 10.2. The Morgan fingerprint density at radius 2 is 1.96 bits per heavy atom. The van der Waals surface area contributed by atoms with Gasteiger partial charge in [-0.3, -0.25) is 0 Å². The third-order valence-electron chi connectivity index (χ3n) is 5.00. The lowest BCUT2D eigenvalue weighted by atomic mass is 9.99. The molecule has 4 aromatic rings. The van der Waals surface area contributed by atoms with Crippen molar-refractivity contribution >= 4 is 22.4 Å². The van der Waals surface area contributed by atoms with Crippen molar-refractivity contribution in [1.29, 1.82) is 0 Å². The summed E-state index contributed by atoms with van der Waals surface area (Å²) in [5, 5.41) is 4.04. The molecule has 4 nitrogen and oxygen atoms in total. The van der Waals surface area contributed by atoms with Crippen LogP contribution in [0.15, 0.2) is 78.6 Å². The van der Waals surface area contributed by atoms with Crippen molar-refractivity contribution < 1.29 is 4.74 Å². The summed E-state index contributed by atoms with van der Waals surface area (Å²) in [7, 11) is 0. The van der Waals surface area contributed by atoms with Crippen LogP contribution in [-0.2, 0) is 0 Å². The first-order chi connectivity index (χ1) is 13.8.